The number of hydrogen-bond acceptors (Lipinski definition) is 3. The summed E-state index contributed by atoms with van der Waals surface area (Å²) in [6, 6.07) is 8.47. The van der Waals surface area contributed by atoms with E-state index >= 15 is 0 Å². The van der Waals surface area contributed by atoms with Crippen LogP contribution in [0.3, 0.4) is 0 Å². The van der Waals surface area contributed by atoms with E-state index < -0.39 is 0 Å². The van der Waals surface area contributed by atoms with Gasteiger partial charge in [-0.25, -0.2) is 0 Å². The molecule has 2 aromatic rings. The molecule has 0 unspecified atom stereocenters. The summed E-state index contributed by atoms with van der Waals surface area (Å²) >= 11 is 0. The number of aromatic amines is 1. The van der Waals surface area contributed by atoms with Gasteiger partial charge in [0.05, 0.1) is 5.69 Å². The fraction of sp³-hybridized carbons (Fsp3) is 0.231. The Bertz CT molecular complexity index is 570. The summed E-state index contributed by atoms with van der Waals surface area (Å²) in [7, 11) is 0. The zero-order valence-corrected chi connectivity index (χ0v) is 9.76. The lowest BCUT2D eigenvalue weighted by atomic mass is 10.1. The monoisotopic (exact) mass is 243 g/mol. The van der Waals surface area contributed by atoms with Gasteiger partial charge in [-0.3, -0.25) is 9.89 Å². The van der Waals surface area contributed by atoms with E-state index in [1.807, 2.05) is 0 Å². The van der Waals surface area contributed by atoms with Gasteiger partial charge in [0.15, 0.2) is 0 Å². The Morgan fingerprint density at radius 3 is 2.61 bits per heavy atom. The maximum absolute atomic E-state index is 11.9. The number of rotatable bonds is 2. The molecule has 3 rings (SSSR count). The first kappa shape index (κ1) is 10.8. The van der Waals surface area contributed by atoms with E-state index in [2.05, 4.69) is 10.2 Å². The highest BCUT2D eigenvalue weighted by atomic mass is 16.3. The van der Waals surface area contributed by atoms with Gasteiger partial charge in [0, 0.05) is 18.7 Å². The number of hydrogen-bond donors (Lipinski definition) is 2. The third kappa shape index (κ3) is 1.84. The number of phenolic OH excluding ortho intramolecular Hbond substituents is 1. The molecule has 5 nitrogen and oxygen atoms in total. The van der Waals surface area contributed by atoms with Gasteiger partial charge in [-0.15, -0.1) is 0 Å². The molecule has 2 N–H and O–H groups in total. The lowest BCUT2D eigenvalue weighted by Gasteiger charge is -2.30. The number of likely N-dealkylation sites (tertiary alicyclic amines) is 1. The van der Waals surface area contributed by atoms with Crippen molar-refractivity contribution in [3.63, 3.8) is 0 Å². The summed E-state index contributed by atoms with van der Waals surface area (Å²) in [5.41, 5.74) is 2.09. The molecule has 1 fully saturated rings. The van der Waals surface area contributed by atoms with Crippen molar-refractivity contribution in [3.8, 4) is 17.0 Å². The number of amides is 1. The van der Waals surface area contributed by atoms with Crippen molar-refractivity contribution in [2.24, 2.45) is 0 Å². The van der Waals surface area contributed by atoms with E-state index in [-0.39, 0.29) is 11.7 Å². The molecule has 92 valence electrons. The number of phenols is 1. The summed E-state index contributed by atoms with van der Waals surface area (Å²) in [6.07, 6.45) is 1.07. The van der Waals surface area contributed by atoms with E-state index in [0.29, 0.717) is 11.4 Å². The van der Waals surface area contributed by atoms with Crippen molar-refractivity contribution in [3.05, 3.63) is 36.0 Å². The first-order valence-corrected chi connectivity index (χ1v) is 5.88. The smallest absolute Gasteiger partial charge is 0.271 e. The van der Waals surface area contributed by atoms with Crippen LogP contribution in [0.5, 0.6) is 5.75 Å². The molecule has 1 amide bonds. The summed E-state index contributed by atoms with van der Waals surface area (Å²) in [6.45, 7) is 1.65. The van der Waals surface area contributed by atoms with Crippen LogP contribution in [-0.4, -0.2) is 39.2 Å². The normalized spacial score (nSPS) is 14.3. The van der Waals surface area contributed by atoms with Crippen molar-refractivity contribution in [1.82, 2.24) is 15.1 Å². The Morgan fingerprint density at radius 2 is 2.00 bits per heavy atom. The number of nitrogens with zero attached hydrogens (tertiary/aromatic N) is 2. The van der Waals surface area contributed by atoms with E-state index in [1.165, 1.54) is 0 Å². The quantitative estimate of drug-likeness (QED) is 0.842. The second-order valence-electron chi connectivity index (χ2n) is 4.36. The molecule has 1 aromatic heterocycles. The predicted octanol–water partition coefficient (Wildman–Crippen LogP) is 1.63. The van der Waals surface area contributed by atoms with E-state index in [0.717, 1.165) is 25.1 Å². The van der Waals surface area contributed by atoms with Gasteiger partial charge in [0.25, 0.3) is 5.91 Å². The summed E-state index contributed by atoms with van der Waals surface area (Å²) in [5, 5.41) is 16.1. The molecule has 0 bridgehead atoms. The van der Waals surface area contributed by atoms with Crippen LogP contribution in [0, 0.1) is 0 Å². The van der Waals surface area contributed by atoms with Crippen LogP contribution in [0.25, 0.3) is 11.3 Å². The molecule has 2 heterocycles. The second-order valence-corrected chi connectivity index (χ2v) is 4.36. The minimum absolute atomic E-state index is 0.00113. The third-order valence-corrected chi connectivity index (χ3v) is 3.11. The van der Waals surface area contributed by atoms with Crippen LogP contribution in [0.15, 0.2) is 30.3 Å². The highest BCUT2D eigenvalue weighted by molar-refractivity contribution is 5.93. The Kier molecular flexibility index (Phi) is 2.51. The Morgan fingerprint density at radius 1 is 1.28 bits per heavy atom. The molecule has 18 heavy (non-hydrogen) atoms. The van der Waals surface area contributed by atoms with Crippen LogP contribution in [0.1, 0.15) is 16.9 Å². The molecule has 0 saturated carbocycles. The maximum Gasteiger partial charge on any atom is 0.271 e. The van der Waals surface area contributed by atoms with Crippen molar-refractivity contribution in [2.75, 3.05) is 13.1 Å². The summed E-state index contributed by atoms with van der Waals surface area (Å²) < 4.78 is 0. The van der Waals surface area contributed by atoms with Crippen molar-refractivity contribution >= 4 is 5.91 Å². The van der Waals surface area contributed by atoms with Crippen LogP contribution in [0.2, 0.25) is 0 Å². The summed E-state index contributed by atoms with van der Waals surface area (Å²) in [4.78, 5) is 13.7. The number of carbonyl (C=O) groups excluding carboxylic acids is 1. The lowest BCUT2D eigenvalue weighted by molar-refractivity contribution is 0.0645. The number of benzene rings is 1. The van der Waals surface area contributed by atoms with Gasteiger partial charge < -0.3 is 10.0 Å². The standard InChI is InChI=1S/C13H13N3O2/c17-10-4-2-9(3-5-10)11-8-12(15-14-11)13(18)16-6-1-7-16/h2-5,8,17H,1,6-7H2,(H,14,15). The summed E-state index contributed by atoms with van der Waals surface area (Å²) in [5.74, 6) is 0.213. The first-order chi connectivity index (χ1) is 8.74. The minimum atomic E-state index is -0.00113. The topological polar surface area (TPSA) is 69.2 Å². The number of carbonyl (C=O) groups is 1. The molecule has 1 aromatic carbocycles. The largest absolute Gasteiger partial charge is 0.508 e. The molecule has 1 saturated heterocycles. The second kappa shape index (κ2) is 4.18. The lowest BCUT2D eigenvalue weighted by Crippen LogP contribution is -2.42. The van der Waals surface area contributed by atoms with Gasteiger partial charge >= 0.3 is 0 Å². The predicted molar refractivity (Wildman–Crippen MR) is 66.2 cm³/mol. The molecule has 0 radical (unpaired) electrons. The van der Waals surface area contributed by atoms with Crippen molar-refractivity contribution in [2.45, 2.75) is 6.42 Å². The maximum atomic E-state index is 11.9. The molecule has 0 spiro atoms. The third-order valence-electron chi connectivity index (χ3n) is 3.11. The minimum Gasteiger partial charge on any atom is -0.508 e. The Balaban J connectivity index is 1.84. The van der Waals surface area contributed by atoms with Crippen LogP contribution < -0.4 is 0 Å². The van der Waals surface area contributed by atoms with Crippen LogP contribution >= 0.6 is 0 Å². The fourth-order valence-electron chi connectivity index (χ4n) is 1.90. The zero-order chi connectivity index (χ0) is 12.5. The molecule has 5 heteroatoms. The average molecular weight is 243 g/mol. The van der Waals surface area contributed by atoms with Crippen molar-refractivity contribution < 1.29 is 9.90 Å². The number of aromatic nitrogens is 2. The van der Waals surface area contributed by atoms with E-state index in [9.17, 15) is 9.90 Å². The van der Waals surface area contributed by atoms with Gasteiger partial charge in [-0.2, -0.15) is 5.10 Å². The molecule has 0 atom stereocenters. The molecular weight excluding hydrogens is 230 g/mol. The Hall–Kier alpha value is -2.30. The van der Waals surface area contributed by atoms with Gasteiger partial charge in [0.1, 0.15) is 11.4 Å². The first-order valence-electron chi connectivity index (χ1n) is 5.88. The van der Waals surface area contributed by atoms with Crippen LogP contribution in [-0.2, 0) is 0 Å². The molecular formula is C13H13N3O2. The molecule has 1 aliphatic heterocycles. The number of nitrogens with one attached hydrogen (secondary N) is 1. The van der Waals surface area contributed by atoms with E-state index in [1.54, 1.807) is 35.2 Å². The van der Waals surface area contributed by atoms with E-state index in [4.69, 9.17) is 0 Å². The SMILES string of the molecule is O=C(c1cc(-c2ccc(O)cc2)n[nH]1)N1CCC1. The number of H-pyrrole nitrogens is 1. The molecule has 0 aliphatic carbocycles. The number of aromatic hydroxyl groups is 1. The van der Waals surface area contributed by atoms with Gasteiger partial charge in [0.2, 0.25) is 0 Å². The van der Waals surface area contributed by atoms with Gasteiger partial charge in [-0.05, 0) is 36.8 Å². The molecule has 1 aliphatic rings. The van der Waals surface area contributed by atoms with Crippen LogP contribution in [0.4, 0.5) is 0 Å². The highest BCUT2D eigenvalue weighted by Crippen LogP contribution is 2.21. The van der Waals surface area contributed by atoms with Gasteiger partial charge in [-0.1, -0.05) is 0 Å². The zero-order valence-electron chi connectivity index (χ0n) is 9.76. The highest BCUT2D eigenvalue weighted by Gasteiger charge is 2.23. The fourth-order valence-corrected chi connectivity index (χ4v) is 1.90. The van der Waals surface area contributed by atoms with Crippen molar-refractivity contribution in [1.29, 1.82) is 0 Å². The average Bonchev–Trinajstić information content (AvgIpc) is 2.77. The Labute approximate surface area is 104 Å².